The molecule has 17 heavy (non-hydrogen) atoms. The third-order valence-electron chi connectivity index (χ3n) is 2.47. The lowest BCUT2D eigenvalue weighted by atomic mass is 10.3. The molecule has 2 aromatic rings. The van der Waals surface area contributed by atoms with Gasteiger partial charge < -0.3 is 10.3 Å². The molecule has 90 valence electrons. The highest BCUT2D eigenvalue weighted by Gasteiger charge is 2.22. The van der Waals surface area contributed by atoms with Crippen LogP contribution in [0.2, 0.25) is 0 Å². The third kappa shape index (κ3) is 2.31. The van der Waals surface area contributed by atoms with Crippen LogP contribution in [-0.4, -0.2) is 27.4 Å². The number of nitrogens with zero attached hydrogens (tertiary/aromatic N) is 2. The summed E-state index contributed by atoms with van der Waals surface area (Å²) in [7, 11) is 0. The van der Waals surface area contributed by atoms with E-state index in [2.05, 4.69) is 10.1 Å². The van der Waals surface area contributed by atoms with Crippen molar-refractivity contribution in [3.63, 3.8) is 0 Å². The quantitative estimate of drug-likeness (QED) is 0.915. The summed E-state index contributed by atoms with van der Waals surface area (Å²) in [5.41, 5.74) is 6.69. The van der Waals surface area contributed by atoms with E-state index in [1.54, 1.807) is 0 Å². The number of nitrogens with two attached hydrogens (primary N) is 1. The van der Waals surface area contributed by atoms with E-state index in [1.165, 1.54) is 17.1 Å². The number of aromatic nitrogens is 2. The van der Waals surface area contributed by atoms with E-state index < -0.39 is 0 Å². The third-order valence-corrected chi connectivity index (χ3v) is 5.97. The lowest BCUT2D eigenvalue weighted by Gasteiger charge is -2.16. The fraction of sp³-hybridized carbons (Fsp3) is 0.400. The van der Waals surface area contributed by atoms with Crippen molar-refractivity contribution in [1.82, 2.24) is 10.1 Å². The van der Waals surface area contributed by atoms with Gasteiger partial charge in [-0.1, -0.05) is 5.16 Å². The molecule has 0 radical (unpaired) electrons. The second-order valence-corrected chi connectivity index (χ2v) is 7.00. The Morgan fingerprint density at radius 2 is 2.35 bits per heavy atom. The molecule has 2 aromatic heterocycles. The maximum atomic E-state index is 5.84. The topological polar surface area (TPSA) is 64.9 Å². The molecule has 7 heteroatoms. The molecule has 3 rings (SSSR count). The van der Waals surface area contributed by atoms with Gasteiger partial charge in [-0.15, -0.1) is 23.1 Å². The maximum absolute atomic E-state index is 5.84. The number of thiophene rings is 1. The molecule has 0 aromatic carbocycles. The molecule has 1 unspecified atom stereocenters. The number of rotatable bonds is 2. The van der Waals surface area contributed by atoms with Crippen LogP contribution in [0.1, 0.15) is 11.1 Å². The van der Waals surface area contributed by atoms with E-state index in [0.29, 0.717) is 11.1 Å². The van der Waals surface area contributed by atoms with Crippen molar-refractivity contribution in [2.24, 2.45) is 0 Å². The number of hydrogen-bond acceptors (Lipinski definition) is 7. The molecule has 0 amide bonds. The maximum Gasteiger partial charge on any atom is 0.260 e. The van der Waals surface area contributed by atoms with E-state index in [1.807, 2.05) is 35.0 Å². The molecule has 1 aliphatic rings. The Balaban J connectivity index is 1.85. The molecular formula is C10H11N3OS3. The smallest absolute Gasteiger partial charge is 0.260 e. The highest BCUT2D eigenvalue weighted by atomic mass is 32.2. The summed E-state index contributed by atoms with van der Waals surface area (Å²) in [6.07, 6.45) is 0. The Morgan fingerprint density at radius 1 is 1.41 bits per heavy atom. The van der Waals surface area contributed by atoms with E-state index in [-0.39, 0.29) is 0 Å². The minimum Gasteiger partial charge on any atom is -0.390 e. The molecule has 3 heterocycles. The van der Waals surface area contributed by atoms with E-state index >= 15 is 0 Å². The van der Waals surface area contributed by atoms with Gasteiger partial charge in [0.05, 0.1) is 15.8 Å². The Bertz CT molecular complexity index is 504. The van der Waals surface area contributed by atoms with Crippen molar-refractivity contribution in [3.05, 3.63) is 17.3 Å². The van der Waals surface area contributed by atoms with Gasteiger partial charge in [0.2, 0.25) is 0 Å². The molecule has 2 N–H and O–H groups in total. The van der Waals surface area contributed by atoms with Crippen molar-refractivity contribution >= 4 is 39.9 Å². The fourth-order valence-electron chi connectivity index (χ4n) is 1.61. The van der Waals surface area contributed by atoms with Crippen molar-refractivity contribution < 1.29 is 4.52 Å². The molecule has 0 bridgehead atoms. The first-order valence-electron chi connectivity index (χ1n) is 5.21. The van der Waals surface area contributed by atoms with Crippen LogP contribution in [0.4, 0.5) is 5.00 Å². The van der Waals surface area contributed by atoms with Crippen LogP contribution in [0, 0.1) is 0 Å². The van der Waals surface area contributed by atoms with E-state index in [9.17, 15) is 0 Å². The van der Waals surface area contributed by atoms with Crippen LogP contribution >= 0.6 is 34.9 Å². The van der Waals surface area contributed by atoms with Crippen LogP contribution < -0.4 is 5.73 Å². The van der Waals surface area contributed by atoms with E-state index in [0.717, 1.165) is 27.9 Å². The van der Waals surface area contributed by atoms with Crippen molar-refractivity contribution in [2.75, 3.05) is 23.0 Å². The highest BCUT2D eigenvalue weighted by molar-refractivity contribution is 8.06. The summed E-state index contributed by atoms with van der Waals surface area (Å²) in [6.45, 7) is 0. The van der Waals surface area contributed by atoms with Crippen molar-refractivity contribution in [3.8, 4) is 11.5 Å². The van der Waals surface area contributed by atoms with Crippen LogP contribution in [-0.2, 0) is 0 Å². The van der Waals surface area contributed by atoms with Crippen LogP contribution in [0.15, 0.2) is 16.0 Å². The first kappa shape index (κ1) is 11.4. The zero-order chi connectivity index (χ0) is 11.7. The molecule has 4 nitrogen and oxygen atoms in total. The Hall–Kier alpha value is -0.660. The molecule has 1 saturated heterocycles. The van der Waals surface area contributed by atoms with Crippen molar-refractivity contribution in [1.29, 1.82) is 0 Å². The molecule has 1 fully saturated rings. The lowest BCUT2D eigenvalue weighted by molar-refractivity contribution is 0.423. The molecule has 0 saturated carbocycles. The summed E-state index contributed by atoms with van der Waals surface area (Å²) in [4.78, 5) is 4.45. The van der Waals surface area contributed by atoms with Gasteiger partial charge in [0, 0.05) is 17.3 Å². The van der Waals surface area contributed by atoms with Crippen molar-refractivity contribution in [2.45, 2.75) is 5.25 Å². The first-order chi connectivity index (χ1) is 8.34. The molecule has 0 spiro atoms. The summed E-state index contributed by atoms with van der Waals surface area (Å²) < 4.78 is 5.29. The monoisotopic (exact) mass is 285 g/mol. The second-order valence-electron chi connectivity index (χ2n) is 3.59. The summed E-state index contributed by atoms with van der Waals surface area (Å²) in [5.74, 6) is 4.75. The summed E-state index contributed by atoms with van der Waals surface area (Å²) in [6, 6.07) is 1.92. The summed E-state index contributed by atoms with van der Waals surface area (Å²) >= 11 is 5.32. The average molecular weight is 285 g/mol. The van der Waals surface area contributed by atoms with Crippen LogP contribution in [0.3, 0.4) is 0 Å². The van der Waals surface area contributed by atoms with Gasteiger partial charge in [0.1, 0.15) is 0 Å². The number of hydrogen-bond donors (Lipinski definition) is 1. The van der Waals surface area contributed by atoms with E-state index in [4.69, 9.17) is 10.3 Å². The minimum absolute atomic E-state index is 0.353. The zero-order valence-corrected chi connectivity index (χ0v) is 11.4. The predicted molar refractivity (Wildman–Crippen MR) is 74.5 cm³/mol. The fourth-order valence-corrected chi connectivity index (χ4v) is 4.83. The highest BCUT2D eigenvalue weighted by Crippen LogP contribution is 2.37. The normalized spacial score (nSPS) is 20.6. The average Bonchev–Trinajstić information content (AvgIpc) is 2.98. The Morgan fingerprint density at radius 3 is 3.06 bits per heavy atom. The Kier molecular flexibility index (Phi) is 3.30. The van der Waals surface area contributed by atoms with Crippen LogP contribution in [0.5, 0.6) is 0 Å². The van der Waals surface area contributed by atoms with Gasteiger partial charge in [-0.25, -0.2) is 0 Å². The number of anilines is 1. The van der Waals surface area contributed by atoms with Gasteiger partial charge in [-0.2, -0.15) is 16.7 Å². The van der Waals surface area contributed by atoms with Gasteiger partial charge in [0.25, 0.3) is 5.89 Å². The lowest BCUT2D eigenvalue weighted by Crippen LogP contribution is -2.07. The minimum atomic E-state index is 0.353. The Labute approximate surface area is 111 Å². The number of thioether (sulfide) groups is 2. The standard InChI is InChI=1S/C10H11N3OS3/c11-8-6(1-2-17-8)10-12-9(13-14-10)7-5-15-3-4-16-7/h1-2,7H,3-5,11H2. The summed E-state index contributed by atoms with van der Waals surface area (Å²) in [5, 5.41) is 7.08. The van der Waals surface area contributed by atoms with Gasteiger partial charge in [0.15, 0.2) is 5.82 Å². The molecule has 1 aliphatic heterocycles. The van der Waals surface area contributed by atoms with Crippen LogP contribution in [0.25, 0.3) is 11.5 Å². The molecular weight excluding hydrogens is 274 g/mol. The second kappa shape index (κ2) is 4.91. The van der Waals surface area contributed by atoms with Gasteiger partial charge in [-0.3, -0.25) is 0 Å². The first-order valence-corrected chi connectivity index (χ1v) is 8.29. The predicted octanol–water partition coefficient (Wildman–Crippen LogP) is 2.90. The number of nitrogen functional groups attached to an aromatic ring is 1. The van der Waals surface area contributed by atoms with Gasteiger partial charge >= 0.3 is 0 Å². The largest absolute Gasteiger partial charge is 0.390 e. The zero-order valence-electron chi connectivity index (χ0n) is 8.96. The molecule has 1 atom stereocenters. The molecule has 0 aliphatic carbocycles. The van der Waals surface area contributed by atoms with Gasteiger partial charge in [-0.05, 0) is 11.4 Å². The SMILES string of the molecule is Nc1sccc1-c1nc(C2CSCCS2)no1.